The van der Waals surface area contributed by atoms with Crippen LogP contribution < -0.4 is 4.90 Å². The Balaban J connectivity index is 1.51. The lowest BCUT2D eigenvalue weighted by molar-refractivity contribution is -0.131. The summed E-state index contributed by atoms with van der Waals surface area (Å²) in [5.41, 5.74) is 3.35. The van der Waals surface area contributed by atoms with Gasteiger partial charge in [-0.05, 0) is 49.1 Å². The van der Waals surface area contributed by atoms with E-state index in [1.807, 2.05) is 9.80 Å². The molecule has 4 nitrogen and oxygen atoms in total. The molecule has 1 fully saturated rings. The van der Waals surface area contributed by atoms with Crippen LogP contribution in [0.4, 0.5) is 10.1 Å². The maximum Gasteiger partial charge on any atom is 0.223 e. The Morgan fingerprint density at radius 2 is 1.61 bits per heavy atom. The van der Waals surface area contributed by atoms with Crippen molar-refractivity contribution in [2.45, 2.75) is 33.1 Å². The maximum atomic E-state index is 14.3. The molecular formula is C23H27FN2O2. The van der Waals surface area contributed by atoms with Crippen LogP contribution in [0.25, 0.3) is 0 Å². The molecule has 1 heterocycles. The molecule has 0 aliphatic carbocycles. The minimum Gasteiger partial charge on any atom is -0.366 e. The van der Waals surface area contributed by atoms with E-state index in [9.17, 15) is 14.0 Å². The zero-order valence-corrected chi connectivity index (χ0v) is 16.6. The SMILES string of the molecule is CCc1ccc(CCC(=O)N2CCN(c3ccc(C(C)=O)cc3F)CC2)cc1. The lowest BCUT2D eigenvalue weighted by atomic mass is 10.1. The van der Waals surface area contributed by atoms with Gasteiger partial charge in [0.1, 0.15) is 5.82 Å². The molecule has 1 amide bonds. The van der Waals surface area contributed by atoms with Crippen molar-refractivity contribution >= 4 is 17.4 Å². The lowest BCUT2D eigenvalue weighted by Gasteiger charge is -2.36. The largest absolute Gasteiger partial charge is 0.366 e. The highest BCUT2D eigenvalue weighted by Gasteiger charge is 2.23. The Hall–Kier alpha value is -2.69. The number of rotatable bonds is 6. The number of carbonyl (C=O) groups is 2. The molecule has 28 heavy (non-hydrogen) atoms. The summed E-state index contributed by atoms with van der Waals surface area (Å²) in [5.74, 6) is -0.389. The lowest BCUT2D eigenvalue weighted by Crippen LogP contribution is -2.49. The van der Waals surface area contributed by atoms with Crippen LogP contribution in [0.1, 0.15) is 41.8 Å². The number of aryl methyl sites for hydroxylation is 2. The highest BCUT2D eigenvalue weighted by molar-refractivity contribution is 5.94. The summed E-state index contributed by atoms with van der Waals surface area (Å²) in [6, 6.07) is 13.0. The van der Waals surface area contributed by atoms with Crippen LogP contribution in [0.3, 0.4) is 0 Å². The van der Waals surface area contributed by atoms with Gasteiger partial charge in [0.25, 0.3) is 0 Å². The van der Waals surface area contributed by atoms with Crippen molar-refractivity contribution in [1.29, 1.82) is 0 Å². The number of hydrogen-bond acceptors (Lipinski definition) is 3. The third-order valence-corrected chi connectivity index (χ3v) is 5.39. The van der Waals surface area contributed by atoms with Gasteiger partial charge in [-0.15, -0.1) is 0 Å². The molecule has 1 aliphatic heterocycles. The van der Waals surface area contributed by atoms with Crippen LogP contribution in [0.15, 0.2) is 42.5 Å². The summed E-state index contributed by atoms with van der Waals surface area (Å²) in [4.78, 5) is 27.7. The predicted octanol–water partition coefficient (Wildman–Crippen LogP) is 3.87. The maximum absolute atomic E-state index is 14.3. The first-order chi connectivity index (χ1) is 13.5. The molecule has 5 heteroatoms. The monoisotopic (exact) mass is 382 g/mol. The quantitative estimate of drug-likeness (QED) is 0.712. The molecule has 148 valence electrons. The van der Waals surface area contributed by atoms with Gasteiger partial charge in [-0.25, -0.2) is 4.39 Å². The second-order valence-electron chi connectivity index (χ2n) is 7.26. The Kier molecular flexibility index (Phi) is 6.45. The van der Waals surface area contributed by atoms with Crippen molar-refractivity contribution in [2.24, 2.45) is 0 Å². The average molecular weight is 382 g/mol. The first kappa shape index (κ1) is 20.1. The van der Waals surface area contributed by atoms with Crippen molar-refractivity contribution in [1.82, 2.24) is 4.90 Å². The van der Waals surface area contributed by atoms with Crippen LogP contribution in [0.5, 0.6) is 0 Å². The molecule has 0 atom stereocenters. The summed E-state index contributed by atoms with van der Waals surface area (Å²) >= 11 is 0. The van der Waals surface area contributed by atoms with Gasteiger partial charge < -0.3 is 9.80 Å². The number of carbonyl (C=O) groups excluding carboxylic acids is 2. The highest BCUT2D eigenvalue weighted by atomic mass is 19.1. The summed E-state index contributed by atoms with van der Waals surface area (Å²) < 4.78 is 14.3. The molecule has 2 aromatic rings. The number of amides is 1. The van der Waals surface area contributed by atoms with Crippen molar-refractivity contribution in [3.8, 4) is 0 Å². The van der Waals surface area contributed by atoms with Crippen molar-refractivity contribution in [2.75, 3.05) is 31.1 Å². The van der Waals surface area contributed by atoms with Crippen LogP contribution in [-0.2, 0) is 17.6 Å². The molecule has 0 unspecified atom stereocenters. The topological polar surface area (TPSA) is 40.6 Å². The molecule has 0 saturated carbocycles. The van der Waals surface area contributed by atoms with Crippen LogP contribution in [0.2, 0.25) is 0 Å². The summed E-state index contributed by atoms with van der Waals surface area (Å²) in [5, 5.41) is 0. The van der Waals surface area contributed by atoms with E-state index in [1.54, 1.807) is 12.1 Å². The van der Waals surface area contributed by atoms with Gasteiger partial charge in [-0.3, -0.25) is 9.59 Å². The Morgan fingerprint density at radius 3 is 2.18 bits per heavy atom. The molecule has 0 aromatic heterocycles. The number of Topliss-reactive ketones (excluding diaryl/α,β-unsaturated/α-hetero) is 1. The summed E-state index contributed by atoms with van der Waals surface area (Å²) in [7, 11) is 0. The zero-order valence-electron chi connectivity index (χ0n) is 16.6. The summed E-state index contributed by atoms with van der Waals surface area (Å²) in [6.45, 7) is 5.91. The molecule has 1 saturated heterocycles. The Morgan fingerprint density at radius 1 is 0.964 bits per heavy atom. The van der Waals surface area contributed by atoms with Crippen molar-refractivity contribution in [3.63, 3.8) is 0 Å². The molecule has 0 spiro atoms. The van der Waals surface area contributed by atoms with Crippen LogP contribution in [-0.4, -0.2) is 42.8 Å². The van der Waals surface area contributed by atoms with Crippen molar-refractivity contribution in [3.05, 3.63) is 65.0 Å². The number of benzene rings is 2. The molecule has 0 bridgehead atoms. The number of ketones is 1. The number of hydrogen-bond donors (Lipinski definition) is 0. The normalized spacial score (nSPS) is 14.2. The van der Waals surface area contributed by atoms with Gasteiger partial charge in [0.05, 0.1) is 5.69 Å². The van der Waals surface area contributed by atoms with Crippen LogP contribution >= 0.6 is 0 Å². The third-order valence-electron chi connectivity index (χ3n) is 5.39. The second-order valence-corrected chi connectivity index (χ2v) is 7.26. The fourth-order valence-corrected chi connectivity index (χ4v) is 3.53. The van der Waals surface area contributed by atoms with E-state index in [0.29, 0.717) is 43.9 Å². The van der Waals surface area contributed by atoms with Gasteiger partial charge in [0.2, 0.25) is 5.91 Å². The van der Waals surface area contributed by atoms with Gasteiger partial charge in [0.15, 0.2) is 5.78 Å². The Bertz CT molecular complexity index is 840. The van der Waals surface area contributed by atoms with E-state index < -0.39 is 0 Å². The third kappa shape index (κ3) is 4.77. The fourth-order valence-electron chi connectivity index (χ4n) is 3.53. The molecule has 3 rings (SSSR count). The van der Waals surface area contributed by atoms with E-state index in [4.69, 9.17) is 0 Å². The van der Waals surface area contributed by atoms with E-state index in [-0.39, 0.29) is 17.5 Å². The van der Waals surface area contributed by atoms with Gasteiger partial charge in [-0.1, -0.05) is 31.2 Å². The molecule has 1 aliphatic rings. The molecule has 2 aromatic carbocycles. The predicted molar refractivity (Wildman–Crippen MR) is 109 cm³/mol. The van der Waals surface area contributed by atoms with Crippen molar-refractivity contribution < 1.29 is 14.0 Å². The van der Waals surface area contributed by atoms with Gasteiger partial charge >= 0.3 is 0 Å². The van der Waals surface area contributed by atoms with E-state index in [1.165, 1.54) is 24.1 Å². The molecule has 0 N–H and O–H groups in total. The molecule has 0 radical (unpaired) electrons. The number of piperazine rings is 1. The minimum atomic E-state index is -0.386. The Labute approximate surface area is 166 Å². The minimum absolute atomic E-state index is 0.145. The standard InChI is InChI=1S/C23H27FN2O2/c1-3-18-4-6-19(7-5-18)8-11-23(28)26-14-12-25(13-15-26)22-10-9-20(17(2)27)16-21(22)24/h4-7,9-10,16H,3,8,11-15H2,1-2H3. The molecular weight excluding hydrogens is 355 g/mol. The van der Waals surface area contributed by atoms with Gasteiger partial charge in [-0.2, -0.15) is 0 Å². The highest BCUT2D eigenvalue weighted by Crippen LogP contribution is 2.22. The van der Waals surface area contributed by atoms with Crippen LogP contribution in [0, 0.1) is 5.82 Å². The first-order valence-corrected chi connectivity index (χ1v) is 9.89. The zero-order chi connectivity index (χ0) is 20.1. The van der Waals surface area contributed by atoms with E-state index in [2.05, 4.69) is 31.2 Å². The van der Waals surface area contributed by atoms with E-state index >= 15 is 0 Å². The second kappa shape index (κ2) is 9.00. The van der Waals surface area contributed by atoms with E-state index in [0.717, 1.165) is 12.8 Å². The number of nitrogens with zero attached hydrogens (tertiary/aromatic N) is 2. The first-order valence-electron chi connectivity index (χ1n) is 9.89. The smallest absolute Gasteiger partial charge is 0.223 e. The average Bonchev–Trinajstić information content (AvgIpc) is 2.72. The van der Waals surface area contributed by atoms with Gasteiger partial charge in [0, 0.05) is 38.2 Å². The summed E-state index contributed by atoms with van der Waals surface area (Å²) in [6.07, 6.45) is 2.25. The number of halogens is 1. The fraction of sp³-hybridized carbons (Fsp3) is 0.391. The number of anilines is 1.